The number of hydrogen-bond acceptors (Lipinski definition) is 5. The predicted molar refractivity (Wildman–Crippen MR) is 110 cm³/mol. The normalized spacial score (nSPS) is 15.9. The van der Waals surface area contributed by atoms with E-state index in [0.29, 0.717) is 29.5 Å². The fraction of sp³-hybridized carbons (Fsp3) is 0.429. The van der Waals surface area contributed by atoms with Gasteiger partial charge >= 0.3 is 0 Å². The van der Waals surface area contributed by atoms with Gasteiger partial charge in [0.15, 0.2) is 11.5 Å². The van der Waals surface area contributed by atoms with Gasteiger partial charge in [-0.15, -0.1) is 0 Å². The topological polar surface area (TPSA) is 69.5 Å². The maximum atomic E-state index is 12.9. The van der Waals surface area contributed by atoms with Crippen molar-refractivity contribution in [3.63, 3.8) is 0 Å². The van der Waals surface area contributed by atoms with Crippen LogP contribution in [-0.2, 0) is 16.6 Å². The number of hydrogen-bond donors (Lipinski definition) is 1. The first-order valence-electron chi connectivity index (χ1n) is 9.58. The SMILES string of the molecule is COc1ccc(S(=O)(=O)N2CC[NH+](Cc3cc(OC)c(OC)cc3C)CC2)cc1. The highest BCUT2D eigenvalue weighted by atomic mass is 32.2. The van der Waals surface area contributed by atoms with Crippen LogP contribution < -0.4 is 19.1 Å². The third-order valence-electron chi connectivity index (χ3n) is 5.41. The second-order valence-corrected chi connectivity index (χ2v) is 9.08. The van der Waals surface area contributed by atoms with E-state index in [2.05, 4.69) is 6.92 Å². The lowest BCUT2D eigenvalue weighted by Crippen LogP contribution is -3.13. The van der Waals surface area contributed by atoms with Crippen LogP contribution in [0.3, 0.4) is 0 Å². The van der Waals surface area contributed by atoms with Crippen LogP contribution in [0, 0.1) is 6.92 Å². The first-order valence-corrected chi connectivity index (χ1v) is 11.0. The van der Waals surface area contributed by atoms with Crippen molar-refractivity contribution < 1.29 is 27.5 Å². The Hall–Kier alpha value is -2.29. The van der Waals surface area contributed by atoms with E-state index in [4.69, 9.17) is 14.2 Å². The zero-order chi connectivity index (χ0) is 21.0. The Bertz CT molecular complexity index is 936. The molecule has 2 aromatic carbocycles. The van der Waals surface area contributed by atoms with E-state index in [1.54, 1.807) is 49.9 Å². The third-order valence-corrected chi connectivity index (χ3v) is 7.32. The van der Waals surface area contributed by atoms with Crippen LogP contribution in [-0.4, -0.2) is 60.2 Å². The molecule has 1 saturated heterocycles. The molecule has 7 nitrogen and oxygen atoms in total. The third kappa shape index (κ3) is 4.66. The molecule has 1 N–H and O–H groups in total. The lowest BCUT2D eigenvalue weighted by atomic mass is 10.1. The van der Waals surface area contributed by atoms with Gasteiger partial charge in [-0.25, -0.2) is 8.42 Å². The van der Waals surface area contributed by atoms with E-state index in [0.717, 1.165) is 30.9 Å². The van der Waals surface area contributed by atoms with Crippen molar-refractivity contribution in [3.8, 4) is 17.2 Å². The average molecular weight is 422 g/mol. The van der Waals surface area contributed by atoms with Crippen molar-refractivity contribution in [2.45, 2.75) is 18.4 Å². The van der Waals surface area contributed by atoms with Crippen molar-refractivity contribution in [2.75, 3.05) is 47.5 Å². The number of nitrogens with zero attached hydrogens (tertiary/aromatic N) is 1. The van der Waals surface area contributed by atoms with Crippen LogP contribution in [0.4, 0.5) is 0 Å². The van der Waals surface area contributed by atoms with Crippen molar-refractivity contribution in [1.29, 1.82) is 0 Å². The van der Waals surface area contributed by atoms with Crippen molar-refractivity contribution in [1.82, 2.24) is 4.31 Å². The lowest BCUT2D eigenvalue weighted by Gasteiger charge is -2.32. The smallest absolute Gasteiger partial charge is 0.243 e. The van der Waals surface area contributed by atoms with E-state index in [1.165, 1.54) is 10.5 Å². The average Bonchev–Trinajstić information content (AvgIpc) is 2.75. The second-order valence-electron chi connectivity index (χ2n) is 7.14. The van der Waals surface area contributed by atoms with Crippen LogP contribution >= 0.6 is 0 Å². The number of nitrogens with one attached hydrogen (secondary N) is 1. The number of ether oxygens (including phenoxy) is 3. The summed E-state index contributed by atoms with van der Waals surface area (Å²) in [6.45, 7) is 5.38. The van der Waals surface area contributed by atoms with Crippen molar-refractivity contribution in [2.24, 2.45) is 0 Å². The summed E-state index contributed by atoms with van der Waals surface area (Å²) in [4.78, 5) is 1.65. The zero-order valence-electron chi connectivity index (χ0n) is 17.4. The summed E-state index contributed by atoms with van der Waals surface area (Å²) in [5, 5.41) is 0. The van der Waals surface area contributed by atoms with Gasteiger partial charge in [0, 0.05) is 5.56 Å². The number of piperazine rings is 1. The molecule has 2 aromatic rings. The Balaban J connectivity index is 1.66. The number of aryl methyl sites for hydroxylation is 1. The van der Waals surface area contributed by atoms with Gasteiger partial charge in [0.05, 0.1) is 52.4 Å². The van der Waals surface area contributed by atoms with Gasteiger partial charge in [-0.3, -0.25) is 0 Å². The van der Waals surface area contributed by atoms with Gasteiger partial charge < -0.3 is 19.1 Å². The Kier molecular flexibility index (Phi) is 6.66. The molecule has 8 heteroatoms. The largest absolute Gasteiger partial charge is 0.497 e. The fourth-order valence-corrected chi connectivity index (χ4v) is 5.04. The molecule has 3 rings (SSSR count). The first kappa shape index (κ1) is 21.4. The Morgan fingerprint density at radius 3 is 2.07 bits per heavy atom. The summed E-state index contributed by atoms with van der Waals surface area (Å²) < 4.78 is 43.3. The highest BCUT2D eigenvalue weighted by Crippen LogP contribution is 2.30. The molecule has 29 heavy (non-hydrogen) atoms. The van der Waals surface area contributed by atoms with Crippen LogP contribution in [0.15, 0.2) is 41.3 Å². The predicted octanol–water partition coefficient (Wildman–Crippen LogP) is 1.11. The quantitative estimate of drug-likeness (QED) is 0.725. The summed E-state index contributed by atoms with van der Waals surface area (Å²) in [7, 11) is 1.34. The van der Waals surface area contributed by atoms with Crippen LogP contribution in [0.2, 0.25) is 0 Å². The second kappa shape index (κ2) is 9.02. The molecule has 1 heterocycles. The molecule has 158 valence electrons. The lowest BCUT2D eigenvalue weighted by molar-refractivity contribution is -0.917. The minimum Gasteiger partial charge on any atom is -0.497 e. The van der Waals surface area contributed by atoms with E-state index >= 15 is 0 Å². The molecule has 0 spiro atoms. The molecule has 0 bridgehead atoms. The first-order chi connectivity index (χ1) is 13.9. The summed E-state index contributed by atoms with van der Waals surface area (Å²) in [6, 6.07) is 10.5. The van der Waals surface area contributed by atoms with E-state index in [9.17, 15) is 8.42 Å². The summed E-state index contributed by atoms with van der Waals surface area (Å²) in [6.07, 6.45) is 0. The Morgan fingerprint density at radius 2 is 1.52 bits per heavy atom. The molecule has 0 atom stereocenters. The maximum absolute atomic E-state index is 12.9. The standard InChI is InChI=1S/C21H28N2O5S/c1-16-13-20(27-3)21(28-4)14-17(16)15-22-9-11-23(12-10-22)29(24,25)19-7-5-18(26-2)6-8-19/h5-8,13-14H,9-12,15H2,1-4H3/p+1. The molecule has 0 amide bonds. The van der Waals surface area contributed by atoms with Gasteiger partial charge in [0.2, 0.25) is 10.0 Å². The summed E-state index contributed by atoms with van der Waals surface area (Å²) in [5.41, 5.74) is 2.33. The molecule has 0 unspecified atom stereocenters. The van der Waals surface area contributed by atoms with Crippen molar-refractivity contribution in [3.05, 3.63) is 47.5 Å². The minimum absolute atomic E-state index is 0.303. The van der Waals surface area contributed by atoms with Gasteiger partial charge in [0.1, 0.15) is 12.3 Å². The van der Waals surface area contributed by atoms with E-state index in [-0.39, 0.29) is 0 Å². The minimum atomic E-state index is -3.48. The van der Waals surface area contributed by atoms with Crippen molar-refractivity contribution >= 4 is 10.0 Å². The summed E-state index contributed by atoms with van der Waals surface area (Å²) in [5.74, 6) is 2.08. The van der Waals surface area contributed by atoms with E-state index < -0.39 is 10.0 Å². The highest BCUT2D eigenvalue weighted by Gasteiger charge is 2.30. The van der Waals surface area contributed by atoms with Crippen LogP contribution in [0.5, 0.6) is 17.2 Å². The molecular formula is C21H29N2O5S+. The number of quaternary nitrogens is 1. The van der Waals surface area contributed by atoms with Crippen LogP contribution in [0.1, 0.15) is 11.1 Å². The van der Waals surface area contributed by atoms with Gasteiger partial charge in [-0.2, -0.15) is 4.31 Å². The Morgan fingerprint density at radius 1 is 0.931 bits per heavy atom. The van der Waals surface area contributed by atoms with Gasteiger partial charge in [-0.1, -0.05) is 0 Å². The molecule has 1 aliphatic rings. The molecular weight excluding hydrogens is 392 g/mol. The molecule has 0 saturated carbocycles. The molecule has 0 aliphatic carbocycles. The highest BCUT2D eigenvalue weighted by molar-refractivity contribution is 7.89. The number of benzene rings is 2. The molecule has 0 aromatic heterocycles. The van der Waals surface area contributed by atoms with Gasteiger partial charge in [-0.05, 0) is 48.9 Å². The van der Waals surface area contributed by atoms with E-state index in [1.807, 2.05) is 12.1 Å². The maximum Gasteiger partial charge on any atom is 0.243 e. The summed E-state index contributed by atoms with van der Waals surface area (Å²) >= 11 is 0. The molecule has 1 aliphatic heterocycles. The molecule has 0 radical (unpaired) electrons. The fourth-order valence-electron chi connectivity index (χ4n) is 3.60. The number of methoxy groups -OCH3 is 3. The molecule has 1 fully saturated rings. The monoisotopic (exact) mass is 421 g/mol. The van der Waals surface area contributed by atoms with Crippen LogP contribution in [0.25, 0.3) is 0 Å². The van der Waals surface area contributed by atoms with Gasteiger partial charge in [0.25, 0.3) is 0 Å². The zero-order valence-corrected chi connectivity index (χ0v) is 18.2. The number of rotatable bonds is 7. The number of sulfonamides is 1. The Labute approximate surface area is 172 Å².